The minimum absolute atomic E-state index is 0. The first-order chi connectivity index (χ1) is 6.22. The first-order valence-electron chi connectivity index (χ1n) is 3.63. The van der Waals surface area contributed by atoms with Crippen molar-refractivity contribution in [3.63, 3.8) is 0 Å². The summed E-state index contributed by atoms with van der Waals surface area (Å²) in [6, 6.07) is 2.87. The van der Waals surface area contributed by atoms with Gasteiger partial charge in [-0.15, -0.1) is 0 Å². The van der Waals surface area contributed by atoms with E-state index >= 15 is 0 Å². The van der Waals surface area contributed by atoms with Gasteiger partial charge in [-0.3, -0.25) is 4.79 Å². The van der Waals surface area contributed by atoms with E-state index in [0.29, 0.717) is 11.8 Å². The summed E-state index contributed by atoms with van der Waals surface area (Å²) >= 11 is 0. The summed E-state index contributed by atoms with van der Waals surface area (Å²) in [6.07, 6.45) is 0.657. The van der Waals surface area contributed by atoms with Crippen LogP contribution in [0.2, 0.25) is 0 Å². The van der Waals surface area contributed by atoms with Crippen LogP contribution in [0.1, 0.15) is 11.8 Å². The second-order valence-corrected chi connectivity index (χ2v) is 2.39. The fourth-order valence-electron chi connectivity index (χ4n) is 0.982. The van der Waals surface area contributed by atoms with Gasteiger partial charge in [0.15, 0.2) is 11.5 Å². The molecule has 1 aromatic rings. The predicted molar refractivity (Wildman–Crippen MR) is 47.7 cm³/mol. The number of rotatable bonds is 3. The van der Waals surface area contributed by atoms with Gasteiger partial charge in [0.25, 0.3) is 0 Å². The molecule has 0 fully saturated rings. The number of benzene rings is 1. The summed E-state index contributed by atoms with van der Waals surface area (Å²) in [5, 5.41) is 9.44. The molecule has 0 saturated carbocycles. The molecule has 0 aliphatic carbocycles. The molecule has 0 aliphatic heterocycles. The van der Waals surface area contributed by atoms with E-state index in [9.17, 15) is 9.90 Å². The van der Waals surface area contributed by atoms with Gasteiger partial charge < -0.3 is 16.0 Å². The van der Waals surface area contributed by atoms with Gasteiger partial charge in [0.1, 0.15) is 6.29 Å². The number of carbonyl (C=O) groups excluding carboxylic acids is 1. The third kappa shape index (κ3) is 2.64. The van der Waals surface area contributed by atoms with Gasteiger partial charge in [-0.25, -0.2) is 0 Å². The van der Waals surface area contributed by atoms with Gasteiger partial charge in [0.05, 0.1) is 14.2 Å². The Kier molecular flexibility index (Phi) is 5.60. The average Bonchev–Trinajstić information content (AvgIpc) is 2.18. The Morgan fingerprint density at radius 3 is 2.00 bits per heavy atom. The number of hydrogen-bond acceptors (Lipinski definition) is 4. The Bertz CT molecular complexity index is 305. The molecule has 1 N–H and O–H groups in total. The summed E-state index contributed by atoms with van der Waals surface area (Å²) in [5.74, 6) is 0.346. The maximum absolute atomic E-state index is 10.5. The largest absolute Gasteiger partial charge is 1.00 e. The van der Waals surface area contributed by atoms with Crippen LogP contribution in [0.4, 0.5) is 0 Å². The number of aldehydes is 1. The van der Waals surface area contributed by atoms with E-state index in [1.165, 1.54) is 26.4 Å². The first-order valence-corrected chi connectivity index (χ1v) is 3.63. The van der Waals surface area contributed by atoms with E-state index < -0.39 is 0 Å². The minimum Gasteiger partial charge on any atom is -1.00 e. The summed E-state index contributed by atoms with van der Waals surface area (Å²) < 4.78 is 9.68. The number of phenolic OH excluding ortho intramolecular Hbond substituents is 1. The van der Waals surface area contributed by atoms with E-state index in [2.05, 4.69) is 0 Å². The van der Waals surface area contributed by atoms with Crippen LogP contribution in [0.5, 0.6) is 17.2 Å². The van der Waals surface area contributed by atoms with E-state index in [0.717, 1.165) is 0 Å². The molecule has 0 aliphatic rings. The SMILES string of the molecule is COc1cc(C=O)cc(OC)c1O.[H-].[Na+]. The average molecular weight is 206 g/mol. The normalized spacial score (nSPS) is 8.71. The second-order valence-electron chi connectivity index (χ2n) is 2.39. The monoisotopic (exact) mass is 206 g/mol. The van der Waals surface area contributed by atoms with Crippen LogP contribution in [0.25, 0.3) is 0 Å². The van der Waals surface area contributed by atoms with Crippen LogP contribution in [0.3, 0.4) is 0 Å². The van der Waals surface area contributed by atoms with Crippen molar-refractivity contribution >= 4 is 6.29 Å². The summed E-state index contributed by atoms with van der Waals surface area (Å²) in [7, 11) is 2.81. The van der Waals surface area contributed by atoms with Crippen molar-refractivity contribution in [3.05, 3.63) is 17.7 Å². The van der Waals surface area contributed by atoms with E-state index in [1.54, 1.807) is 0 Å². The Hall–Kier alpha value is -0.710. The smallest absolute Gasteiger partial charge is 1.00 e. The molecule has 0 radical (unpaired) electrons. The molecule has 1 aromatic carbocycles. The zero-order chi connectivity index (χ0) is 9.84. The Morgan fingerprint density at radius 2 is 1.71 bits per heavy atom. The Balaban J connectivity index is 0. The molecule has 1 rings (SSSR count). The molecule has 0 aromatic heterocycles. The molecular formula is C9H11NaO4. The van der Waals surface area contributed by atoms with Crippen molar-refractivity contribution in [1.29, 1.82) is 0 Å². The summed E-state index contributed by atoms with van der Waals surface area (Å²) in [4.78, 5) is 10.5. The van der Waals surface area contributed by atoms with Crippen molar-refractivity contribution in [3.8, 4) is 17.2 Å². The van der Waals surface area contributed by atoms with Crippen molar-refractivity contribution < 1.29 is 50.4 Å². The first kappa shape index (κ1) is 13.3. The van der Waals surface area contributed by atoms with E-state index in [4.69, 9.17) is 9.47 Å². The molecule has 0 unspecified atom stereocenters. The molecule has 72 valence electrons. The van der Waals surface area contributed by atoms with Gasteiger partial charge in [-0.1, -0.05) is 0 Å². The van der Waals surface area contributed by atoms with Crippen LogP contribution in [-0.2, 0) is 0 Å². The zero-order valence-electron chi connectivity index (χ0n) is 9.40. The third-order valence-corrected chi connectivity index (χ3v) is 1.64. The number of aromatic hydroxyl groups is 1. The van der Waals surface area contributed by atoms with E-state index in [-0.39, 0.29) is 48.2 Å². The van der Waals surface area contributed by atoms with Crippen LogP contribution < -0.4 is 39.0 Å². The van der Waals surface area contributed by atoms with Crippen LogP contribution >= 0.6 is 0 Å². The number of hydrogen-bond donors (Lipinski definition) is 1. The molecule has 0 amide bonds. The topological polar surface area (TPSA) is 55.8 Å². The van der Waals surface area contributed by atoms with Gasteiger partial charge >= 0.3 is 29.6 Å². The minimum atomic E-state index is -0.101. The van der Waals surface area contributed by atoms with Crippen LogP contribution in [0, 0.1) is 0 Å². The molecular weight excluding hydrogens is 195 g/mol. The molecule has 0 heterocycles. The fraction of sp³-hybridized carbons (Fsp3) is 0.222. The fourth-order valence-corrected chi connectivity index (χ4v) is 0.982. The number of carbonyl (C=O) groups is 1. The third-order valence-electron chi connectivity index (χ3n) is 1.64. The standard InChI is InChI=1S/C9H10O4.Na.H/c1-12-7-3-6(5-10)4-8(13-2)9(7)11;;/h3-5,11H,1-2H3;;/q;+1;-1. The van der Waals surface area contributed by atoms with Crippen LogP contribution in [-0.4, -0.2) is 25.6 Å². The Labute approximate surface area is 106 Å². The summed E-state index contributed by atoms with van der Waals surface area (Å²) in [5.41, 5.74) is 0.395. The Morgan fingerprint density at radius 1 is 1.29 bits per heavy atom. The van der Waals surface area contributed by atoms with Crippen LogP contribution in [0.15, 0.2) is 12.1 Å². The molecule has 5 heteroatoms. The van der Waals surface area contributed by atoms with Gasteiger partial charge in [0, 0.05) is 5.56 Å². The molecule has 0 spiro atoms. The maximum Gasteiger partial charge on any atom is 1.00 e. The number of methoxy groups -OCH3 is 2. The number of ether oxygens (including phenoxy) is 2. The number of phenols is 1. The zero-order valence-corrected chi connectivity index (χ0v) is 10.4. The van der Waals surface area contributed by atoms with E-state index in [1.807, 2.05) is 0 Å². The van der Waals surface area contributed by atoms with Crippen molar-refractivity contribution in [2.45, 2.75) is 0 Å². The molecule has 0 bridgehead atoms. The van der Waals surface area contributed by atoms with Crippen molar-refractivity contribution in [1.82, 2.24) is 0 Å². The van der Waals surface area contributed by atoms with Gasteiger partial charge in [-0.05, 0) is 12.1 Å². The summed E-state index contributed by atoms with van der Waals surface area (Å²) in [6.45, 7) is 0. The molecule has 14 heavy (non-hydrogen) atoms. The predicted octanol–water partition coefficient (Wildman–Crippen LogP) is -1.66. The van der Waals surface area contributed by atoms with Gasteiger partial charge in [-0.2, -0.15) is 0 Å². The van der Waals surface area contributed by atoms with Crippen molar-refractivity contribution in [2.75, 3.05) is 14.2 Å². The molecule has 0 atom stereocenters. The second kappa shape index (κ2) is 5.90. The van der Waals surface area contributed by atoms with Crippen molar-refractivity contribution in [2.24, 2.45) is 0 Å². The molecule has 4 nitrogen and oxygen atoms in total. The van der Waals surface area contributed by atoms with Gasteiger partial charge in [0.2, 0.25) is 5.75 Å². The maximum atomic E-state index is 10.5. The molecule has 0 saturated heterocycles. The quantitative estimate of drug-likeness (QED) is 0.475.